The van der Waals surface area contributed by atoms with Gasteiger partial charge in [0.2, 0.25) is 0 Å². The molecule has 0 bridgehead atoms. The second-order valence-electron chi connectivity index (χ2n) is 7.42. The number of hydrogen-bond donors (Lipinski definition) is 2. The van der Waals surface area contributed by atoms with E-state index in [9.17, 15) is 25.0 Å². The number of amidine groups is 1. The number of rotatable bonds is 8. The van der Waals surface area contributed by atoms with Gasteiger partial charge in [0.25, 0.3) is 17.5 Å². The molecule has 0 atom stereocenters. The number of benzene rings is 2. The summed E-state index contributed by atoms with van der Waals surface area (Å²) in [4.78, 5) is 40.0. The number of non-ortho nitro benzene ring substituents is 1. The molecule has 1 aliphatic rings. The average molecular weight is 445 g/mol. The monoisotopic (exact) mass is 445 g/mol. The highest BCUT2D eigenvalue weighted by atomic mass is 16.6. The minimum Gasteiger partial charge on any atom is -0.351 e. The molecule has 1 heterocycles. The third kappa shape index (κ3) is 5.49. The molecule has 0 aromatic heterocycles. The zero-order chi connectivity index (χ0) is 23.8. The van der Waals surface area contributed by atoms with Gasteiger partial charge in [0.1, 0.15) is 17.5 Å². The number of aliphatic imine (C=N–C) groups is 1. The van der Waals surface area contributed by atoms with Crippen molar-refractivity contribution in [1.29, 1.82) is 5.26 Å². The molecule has 33 heavy (non-hydrogen) atoms. The zero-order valence-corrected chi connectivity index (χ0v) is 18.1. The standard InChI is InChI=1S/C24H23N5O4/c1-2-3-4-7-14-26-24(31)20(15-25)21-18-8-5-6-9-19(18)22(27-21)28-23(30)16-10-12-17(13-11-16)29(32)33/h5-6,8-13H,2-4,7,14H2,1H3,(H,26,31)(H,27,28,30)/b21-20-. The molecule has 3 rings (SSSR count). The quantitative estimate of drug-likeness (QED) is 0.210. The number of unbranched alkanes of at least 4 members (excludes halogenated alkanes) is 3. The fraction of sp³-hybridized carbons (Fsp3) is 0.250. The highest BCUT2D eigenvalue weighted by molar-refractivity contribution is 6.20. The van der Waals surface area contributed by atoms with E-state index in [4.69, 9.17) is 0 Å². The fourth-order valence-electron chi connectivity index (χ4n) is 3.38. The molecule has 168 valence electrons. The minimum atomic E-state index is -0.547. The van der Waals surface area contributed by atoms with E-state index >= 15 is 0 Å². The summed E-state index contributed by atoms with van der Waals surface area (Å²) in [6.45, 7) is 2.57. The lowest BCUT2D eigenvalue weighted by atomic mass is 10.0. The van der Waals surface area contributed by atoms with Gasteiger partial charge >= 0.3 is 0 Å². The van der Waals surface area contributed by atoms with Crippen molar-refractivity contribution in [2.75, 3.05) is 6.54 Å². The summed E-state index contributed by atoms with van der Waals surface area (Å²) in [5.74, 6) is -0.823. The molecule has 0 spiro atoms. The molecule has 0 aliphatic carbocycles. The van der Waals surface area contributed by atoms with Crippen LogP contribution in [0.2, 0.25) is 0 Å². The summed E-state index contributed by atoms with van der Waals surface area (Å²) in [5.41, 5.74) is 1.29. The van der Waals surface area contributed by atoms with Gasteiger partial charge in [0, 0.05) is 35.4 Å². The van der Waals surface area contributed by atoms with E-state index < -0.39 is 16.7 Å². The number of fused-ring (bicyclic) bond motifs is 1. The first-order valence-electron chi connectivity index (χ1n) is 10.6. The maximum Gasteiger partial charge on any atom is 0.269 e. The van der Waals surface area contributed by atoms with Crippen LogP contribution in [0.1, 0.15) is 54.1 Å². The predicted octanol–water partition coefficient (Wildman–Crippen LogP) is 3.72. The van der Waals surface area contributed by atoms with Gasteiger partial charge in [-0.05, 0) is 18.6 Å². The highest BCUT2D eigenvalue weighted by Gasteiger charge is 2.27. The fourth-order valence-corrected chi connectivity index (χ4v) is 3.38. The summed E-state index contributed by atoms with van der Waals surface area (Å²) >= 11 is 0. The second-order valence-corrected chi connectivity index (χ2v) is 7.42. The summed E-state index contributed by atoms with van der Waals surface area (Å²) < 4.78 is 0. The first kappa shape index (κ1) is 23.3. The van der Waals surface area contributed by atoms with Gasteiger partial charge in [-0.2, -0.15) is 5.26 Å². The van der Waals surface area contributed by atoms with Crippen molar-refractivity contribution >= 4 is 29.0 Å². The van der Waals surface area contributed by atoms with Crippen molar-refractivity contribution in [3.8, 4) is 6.07 Å². The van der Waals surface area contributed by atoms with E-state index in [2.05, 4.69) is 22.5 Å². The van der Waals surface area contributed by atoms with Gasteiger partial charge in [-0.25, -0.2) is 4.99 Å². The number of nitrogens with zero attached hydrogens (tertiary/aromatic N) is 3. The maximum atomic E-state index is 12.7. The Kier molecular flexibility index (Phi) is 7.65. The SMILES string of the molecule is CCCCCCNC(=O)/C(C#N)=C1\N=C(NC(=O)c2ccc([N+](=O)[O-])cc2)c2ccccc21. The molecule has 1 aliphatic heterocycles. The van der Waals surface area contributed by atoms with Crippen LogP contribution in [0.25, 0.3) is 5.70 Å². The van der Waals surface area contributed by atoms with E-state index in [-0.39, 0.29) is 28.4 Å². The van der Waals surface area contributed by atoms with Gasteiger partial charge < -0.3 is 10.6 Å². The van der Waals surface area contributed by atoms with Gasteiger partial charge in [-0.15, -0.1) is 0 Å². The number of nitro groups is 1. The zero-order valence-electron chi connectivity index (χ0n) is 18.1. The van der Waals surface area contributed by atoms with Crippen LogP contribution in [0.3, 0.4) is 0 Å². The van der Waals surface area contributed by atoms with Crippen LogP contribution in [0.4, 0.5) is 5.69 Å². The second kappa shape index (κ2) is 10.8. The Morgan fingerprint density at radius 2 is 1.76 bits per heavy atom. The lowest BCUT2D eigenvalue weighted by Crippen LogP contribution is -2.30. The molecule has 0 radical (unpaired) electrons. The number of nitro benzene ring substituents is 1. The van der Waals surface area contributed by atoms with Crippen molar-refractivity contribution in [1.82, 2.24) is 10.6 Å². The Balaban J connectivity index is 1.84. The van der Waals surface area contributed by atoms with E-state index in [1.807, 2.05) is 6.07 Å². The van der Waals surface area contributed by atoms with Crippen LogP contribution in [0, 0.1) is 21.4 Å². The molecule has 9 nitrogen and oxygen atoms in total. The van der Waals surface area contributed by atoms with Crippen LogP contribution in [0.15, 0.2) is 59.1 Å². The molecular formula is C24H23N5O4. The number of carbonyl (C=O) groups is 2. The lowest BCUT2D eigenvalue weighted by molar-refractivity contribution is -0.384. The molecule has 2 N–H and O–H groups in total. The number of hydrogen-bond acceptors (Lipinski definition) is 6. The van der Waals surface area contributed by atoms with E-state index in [0.29, 0.717) is 17.7 Å². The lowest BCUT2D eigenvalue weighted by Gasteiger charge is -2.06. The Morgan fingerprint density at radius 1 is 1.06 bits per heavy atom. The number of nitriles is 1. The largest absolute Gasteiger partial charge is 0.351 e. The number of amides is 2. The van der Waals surface area contributed by atoms with Crippen LogP contribution in [0.5, 0.6) is 0 Å². The molecular weight excluding hydrogens is 422 g/mol. The molecule has 2 aromatic carbocycles. The normalized spacial score (nSPS) is 13.4. The Morgan fingerprint density at radius 3 is 2.39 bits per heavy atom. The Hall–Kier alpha value is -4.32. The third-order valence-corrected chi connectivity index (χ3v) is 5.12. The summed E-state index contributed by atoms with van der Waals surface area (Å²) in [5, 5.41) is 25.9. The van der Waals surface area contributed by atoms with Gasteiger partial charge in [-0.3, -0.25) is 19.7 Å². The summed E-state index contributed by atoms with van der Waals surface area (Å²) in [7, 11) is 0. The minimum absolute atomic E-state index is 0.125. The van der Waals surface area contributed by atoms with Gasteiger partial charge in [-0.1, -0.05) is 50.5 Å². The number of nitrogens with one attached hydrogen (secondary N) is 2. The first-order chi connectivity index (χ1) is 16.0. The van der Waals surface area contributed by atoms with Crippen LogP contribution >= 0.6 is 0 Å². The summed E-state index contributed by atoms with van der Waals surface area (Å²) in [6, 6.07) is 14.1. The first-order valence-corrected chi connectivity index (χ1v) is 10.6. The molecule has 0 unspecified atom stereocenters. The van der Waals surface area contributed by atoms with Crippen molar-refractivity contribution in [2.45, 2.75) is 32.6 Å². The molecule has 9 heteroatoms. The molecule has 0 fully saturated rings. The van der Waals surface area contributed by atoms with E-state index in [1.165, 1.54) is 24.3 Å². The maximum absolute atomic E-state index is 12.7. The van der Waals surface area contributed by atoms with Crippen LogP contribution in [-0.2, 0) is 4.79 Å². The van der Waals surface area contributed by atoms with Crippen molar-refractivity contribution in [2.24, 2.45) is 4.99 Å². The molecule has 2 amide bonds. The third-order valence-electron chi connectivity index (χ3n) is 5.12. The molecule has 2 aromatic rings. The number of carbonyl (C=O) groups excluding carboxylic acids is 2. The van der Waals surface area contributed by atoms with E-state index in [0.717, 1.165) is 25.7 Å². The highest BCUT2D eigenvalue weighted by Crippen LogP contribution is 2.30. The van der Waals surface area contributed by atoms with Crippen molar-refractivity contribution < 1.29 is 14.5 Å². The average Bonchev–Trinajstić information content (AvgIpc) is 3.17. The Bertz CT molecular complexity index is 1180. The topological polar surface area (TPSA) is 137 Å². The predicted molar refractivity (Wildman–Crippen MR) is 123 cm³/mol. The summed E-state index contributed by atoms with van der Waals surface area (Å²) in [6.07, 6.45) is 3.98. The van der Waals surface area contributed by atoms with Gasteiger partial charge in [0.05, 0.1) is 10.6 Å². The van der Waals surface area contributed by atoms with E-state index in [1.54, 1.807) is 24.3 Å². The Labute approximate surface area is 191 Å². The van der Waals surface area contributed by atoms with Gasteiger partial charge in [0.15, 0.2) is 0 Å². The molecule has 0 saturated heterocycles. The van der Waals surface area contributed by atoms with Crippen molar-refractivity contribution in [3.63, 3.8) is 0 Å². The smallest absolute Gasteiger partial charge is 0.269 e. The van der Waals surface area contributed by atoms with Crippen LogP contribution < -0.4 is 10.6 Å². The van der Waals surface area contributed by atoms with Crippen molar-refractivity contribution in [3.05, 3.63) is 80.9 Å². The van der Waals surface area contributed by atoms with Crippen LogP contribution in [-0.4, -0.2) is 29.1 Å². The molecule has 0 saturated carbocycles.